The Labute approximate surface area is 100.0 Å². The van der Waals surface area contributed by atoms with Crippen LogP contribution >= 0.6 is 0 Å². The first kappa shape index (κ1) is 10.7. The van der Waals surface area contributed by atoms with Crippen molar-refractivity contribution < 1.29 is 9.47 Å². The number of fused-ring (bicyclic) bond motifs is 2. The molecule has 0 saturated carbocycles. The fourth-order valence-electron chi connectivity index (χ4n) is 2.30. The zero-order valence-electron chi connectivity index (χ0n) is 9.63. The molecule has 17 heavy (non-hydrogen) atoms. The predicted molar refractivity (Wildman–Crippen MR) is 64.8 cm³/mol. The van der Waals surface area contributed by atoms with Crippen molar-refractivity contribution in [2.24, 2.45) is 0 Å². The van der Waals surface area contributed by atoms with Gasteiger partial charge in [0.15, 0.2) is 0 Å². The maximum absolute atomic E-state index is 5.35. The van der Waals surface area contributed by atoms with Crippen molar-refractivity contribution in [3.05, 3.63) is 30.6 Å². The van der Waals surface area contributed by atoms with E-state index < -0.39 is 0 Å². The third-order valence-corrected chi connectivity index (χ3v) is 3.21. The minimum absolute atomic E-state index is 0.454. The first-order chi connectivity index (χ1) is 8.43. The van der Waals surface area contributed by atoms with E-state index in [1.807, 2.05) is 24.3 Å². The van der Waals surface area contributed by atoms with Gasteiger partial charge in [0.2, 0.25) is 0 Å². The van der Waals surface area contributed by atoms with Crippen molar-refractivity contribution in [2.75, 3.05) is 13.2 Å². The summed E-state index contributed by atoms with van der Waals surface area (Å²) >= 11 is 0. The van der Waals surface area contributed by atoms with Gasteiger partial charge in [-0.15, -0.1) is 0 Å². The molecule has 2 atom stereocenters. The number of aromatic nitrogens is 2. The summed E-state index contributed by atoms with van der Waals surface area (Å²) in [5.41, 5.74) is 2.12. The Morgan fingerprint density at radius 3 is 2.47 bits per heavy atom. The van der Waals surface area contributed by atoms with Crippen LogP contribution in [0.5, 0.6) is 0 Å². The number of nitrogens with zero attached hydrogens (tertiary/aromatic N) is 1. The van der Waals surface area contributed by atoms with E-state index in [0.717, 1.165) is 37.1 Å². The van der Waals surface area contributed by atoms with Gasteiger partial charge in [0, 0.05) is 13.2 Å². The summed E-state index contributed by atoms with van der Waals surface area (Å²) in [7, 11) is 0. The highest BCUT2D eigenvalue weighted by molar-refractivity contribution is 5.73. The molecule has 1 aromatic heterocycles. The quantitative estimate of drug-likeness (QED) is 0.757. The lowest BCUT2D eigenvalue weighted by Crippen LogP contribution is -2.13. The molecule has 4 rings (SSSR count). The average Bonchev–Trinajstić information content (AvgIpc) is 3.06. The van der Waals surface area contributed by atoms with Crippen molar-refractivity contribution >= 4 is 11.0 Å². The molecule has 90 valence electrons. The van der Waals surface area contributed by atoms with Crippen LogP contribution in [0, 0.1) is 0 Å². The Morgan fingerprint density at radius 1 is 1.06 bits per heavy atom. The molecule has 2 saturated heterocycles. The number of hydrogen-bond donors (Lipinski definition) is 1. The van der Waals surface area contributed by atoms with Crippen LogP contribution in [0.3, 0.4) is 0 Å². The van der Waals surface area contributed by atoms with Crippen LogP contribution in [0.25, 0.3) is 11.0 Å². The summed E-state index contributed by atoms with van der Waals surface area (Å²) in [6.07, 6.45) is 4.84. The zero-order valence-corrected chi connectivity index (χ0v) is 9.63. The molecule has 2 unspecified atom stereocenters. The molecule has 0 bridgehead atoms. The van der Waals surface area contributed by atoms with Gasteiger partial charge in [0.05, 0.1) is 29.6 Å². The Balaban J connectivity index is 0.000000107. The van der Waals surface area contributed by atoms with E-state index in [2.05, 4.69) is 9.97 Å². The van der Waals surface area contributed by atoms with Gasteiger partial charge in [-0.2, -0.15) is 0 Å². The van der Waals surface area contributed by atoms with Gasteiger partial charge in [-0.25, -0.2) is 4.98 Å². The van der Waals surface area contributed by atoms with Gasteiger partial charge < -0.3 is 14.5 Å². The highest BCUT2D eigenvalue weighted by atomic mass is 16.6. The van der Waals surface area contributed by atoms with Crippen molar-refractivity contribution in [2.45, 2.75) is 25.0 Å². The van der Waals surface area contributed by atoms with E-state index in [4.69, 9.17) is 9.47 Å². The molecule has 0 spiro atoms. The number of H-pyrrole nitrogens is 1. The third-order valence-electron chi connectivity index (χ3n) is 3.21. The van der Waals surface area contributed by atoms with Gasteiger partial charge in [0.25, 0.3) is 0 Å². The summed E-state index contributed by atoms with van der Waals surface area (Å²) in [6.45, 7) is 1.82. The first-order valence-corrected chi connectivity index (χ1v) is 6.05. The van der Waals surface area contributed by atoms with E-state index >= 15 is 0 Å². The van der Waals surface area contributed by atoms with Crippen LogP contribution in [-0.2, 0) is 9.47 Å². The number of hydrogen-bond acceptors (Lipinski definition) is 3. The summed E-state index contributed by atoms with van der Waals surface area (Å²) < 4.78 is 10.7. The molecule has 2 aromatic rings. The van der Waals surface area contributed by atoms with Crippen LogP contribution < -0.4 is 0 Å². The van der Waals surface area contributed by atoms with E-state index in [1.165, 1.54) is 0 Å². The smallest absolute Gasteiger partial charge is 0.0931 e. The number of aromatic amines is 1. The molecule has 4 nitrogen and oxygen atoms in total. The number of imidazole rings is 1. The van der Waals surface area contributed by atoms with Crippen LogP contribution in [0.2, 0.25) is 0 Å². The van der Waals surface area contributed by atoms with Crippen molar-refractivity contribution in [1.82, 2.24) is 9.97 Å². The SMILES string of the molecule is C1CC2OCCC2O1.c1ccc2[nH]cnc2c1. The maximum atomic E-state index is 5.35. The lowest BCUT2D eigenvalue weighted by molar-refractivity contribution is 0.0732. The first-order valence-electron chi connectivity index (χ1n) is 6.05. The lowest BCUT2D eigenvalue weighted by atomic mass is 10.2. The highest BCUT2D eigenvalue weighted by Gasteiger charge is 2.33. The van der Waals surface area contributed by atoms with E-state index in [1.54, 1.807) is 6.33 Å². The highest BCUT2D eigenvalue weighted by Crippen LogP contribution is 2.25. The summed E-state index contributed by atoms with van der Waals surface area (Å²) in [6, 6.07) is 7.94. The summed E-state index contributed by atoms with van der Waals surface area (Å²) in [5.74, 6) is 0. The number of benzene rings is 1. The number of ether oxygens (including phenoxy) is 2. The van der Waals surface area contributed by atoms with E-state index in [-0.39, 0.29) is 0 Å². The number of nitrogens with one attached hydrogen (secondary N) is 1. The molecule has 2 fully saturated rings. The van der Waals surface area contributed by atoms with Crippen LogP contribution in [-0.4, -0.2) is 35.4 Å². The molecule has 0 aliphatic carbocycles. The largest absolute Gasteiger partial charge is 0.375 e. The van der Waals surface area contributed by atoms with Gasteiger partial charge in [-0.05, 0) is 25.0 Å². The second-order valence-electron chi connectivity index (χ2n) is 4.32. The molecule has 1 aromatic carbocycles. The van der Waals surface area contributed by atoms with E-state index in [0.29, 0.717) is 12.2 Å². The van der Waals surface area contributed by atoms with Crippen molar-refractivity contribution in [3.8, 4) is 0 Å². The van der Waals surface area contributed by atoms with Crippen molar-refractivity contribution in [1.29, 1.82) is 0 Å². The Bertz CT molecular complexity index is 433. The third kappa shape index (κ3) is 2.33. The average molecular weight is 232 g/mol. The second-order valence-corrected chi connectivity index (χ2v) is 4.32. The minimum Gasteiger partial charge on any atom is -0.375 e. The van der Waals surface area contributed by atoms with Crippen LogP contribution in [0.4, 0.5) is 0 Å². The molecule has 2 aliphatic rings. The normalized spacial score (nSPS) is 26.6. The predicted octanol–water partition coefficient (Wildman–Crippen LogP) is 2.13. The molecule has 0 radical (unpaired) electrons. The molecular weight excluding hydrogens is 216 g/mol. The maximum Gasteiger partial charge on any atom is 0.0931 e. The lowest BCUT2D eigenvalue weighted by Gasteiger charge is -2.03. The molecule has 0 amide bonds. The Morgan fingerprint density at radius 2 is 1.76 bits per heavy atom. The second kappa shape index (κ2) is 4.85. The molecule has 2 aliphatic heterocycles. The number of rotatable bonds is 0. The summed E-state index contributed by atoms with van der Waals surface area (Å²) in [4.78, 5) is 7.07. The zero-order chi connectivity index (χ0) is 11.5. The fourth-order valence-corrected chi connectivity index (χ4v) is 2.30. The molecule has 3 heterocycles. The topological polar surface area (TPSA) is 47.1 Å². The van der Waals surface area contributed by atoms with Crippen LogP contribution in [0.1, 0.15) is 12.8 Å². The van der Waals surface area contributed by atoms with Gasteiger partial charge >= 0.3 is 0 Å². The number of para-hydroxylation sites is 2. The molecule has 4 heteroatoms. The Kier molecular flexibility index (Phi) is 3.07. The Hall–Kier alpha value is -1.39. The molecular formula is C13H16N2O2. The monoisotopic (exact) mass is 232 g/mol. The van der Waals surface area contributed by atoms with Gasteiger partial charge in [-0.1, -0.05) is 12.1 Å². The van der Waals surface area contributed by atoms with E-state index in [9.17, 15) is 0 Å². The van der Waals surface area contributed by atoms with Crippen molar-refractivity contribution in [3.63, 3.8) is 0 Å². The van der Waals surface area contributed by atoms with Crippen LogP contribution in [0.15, 0.2) is 30.6 Å². The fraction of sp³-hybridized carbons (Fsp3) is 0.462. The van der Waals surface area contributed by atoms with Gasteiger partial charge in [-0.3, -0.25) is 0 Å². The summed E-state index contributed by atoms with van der Waals surface area (Å²) in [5, 5.41) is 0. The van der Waals surface area contributed by atoms with Gasteiger partial charge in [0.1, 0.15) is 0 Å². The molecule has 1 N–H and O–H groups in total. The minimum atomic E-state index is 0.454. The standard InChI is InChI=1S/C7H6N2.C6H10O2/c1-2-4-7-6(3-1)8-5-9-7;1-3-7-6-2-4-8-5(1)6/h1-5H,(H,8,9);5-6H,1-4H2.